The molecule has 2 N–H and O–H groups in total. The molecule has 10 heteroatoms. The van der Waals surface area contributed by atoms with Gasteiger partial charge in [-0.05, 0) is 24.3 Å². The number of carbonyl (C=O) groups is 4. The number of amides is 3. The molecular weight excluding hydrogens is 574 g/mol. The Morgan fingerprint density at radius 1 is 1.07 bits per heavy atom. The van der Waals surface area contributed by atoms with E-state index >= 15 is 0 Å². The highest BCUT2D eigenvalue weighted by Crippen LogP contribution is 2.56. The second-order valence-electron chi connectivity index (χ2n) is 12.7. The quantitative estimate of drug-likeness (QED) is 0.246. The molecule has 8 atom stereocenters. The van der Waals surface area contributed by atoms with E-state index in [1.54, 1.807) is 17.1 Å². The number of esters is 1. The molecule has 2 saturated heterocycles. The van der Waals surface area contributed by atoms with Crippen LogP contribution in [0.2, 0.25) is 0 Å². The highest BCUT2D eigenvalue weighted by molar-refractivity contribution is 5.99. The van der Waals surface area contributed by atoms with Crippen LogP contribution in [-0.4, -0.2) is 88.6 Å². The number of carbonyl (C=O) groups excluding carboxylic acids is 4. The molecule has 2 fully saturated rings. The molecule has 3 amide bonds. The topological polar surface area (TPSA) is 125 Å². The van der Waals surface area contributed by atoms with Gasteiger partial charge in [0.05, 0.1) is 31.2 Å². The third-order valence-electron chi connectivity index (χ3n) is 9.95. The Kier molecular flexibility index (Phi) is 10.4. The first-order chi connectivity index (χ1) is 21.8. The molecule has 1 aromatic rings. The summed E-state index contributed by atoms with van der Waals surface area (Å²) >= 11 is 0. The van der Waals surface area contributed by atoms with Crippen molar-refractivity contribution in [1.29, 1.82) is 0 Å². The van der Waals surface area contributed by atoms with Crippen LogP contribution in [-0.2, 0) is 28.7 Å². The lowest BCUT2D eigenvalue weighted by Crippen LogP contribution is -2.59. The number of unbranched alkanes of at least 4 members (excludes halogenated alkanes) is 2. The van der Waals surface area contributed by atoms with E-state index in [1.807, 2.05) is 56.3 Å². The fraction of sp³-hybridized carbons (Fsp3) is 0.600. The number of benzene rings is 1. The summed E-state index contributed by atoms with van der Waals surface area (Å²) in [5.74, 6) is -3.50. The minimum absolute atomic E-state index is 0.0786. The number of hydrogen-bond acceptors (Lipinski definition) is 7. The molecule has 244 valence electrons. The largest absolute Gasteiger partial charge is 0.455 e. The molecule has 0 radical (unpaired) electrons. The summed E-state index contributed by atoms with van der Waals surface area (Å²) in [6.07, 6.45) is 9.97. The molecule has 10 nitrogen and oxygen atoms in total. The summed E-state index contributed by atoms with van der Waals surface area (Å²) < 4.78 is 12.6. The predicted molar refractivity (Wildman–Crippen MR) is 167 cm³/mol. The van der Waals surface area contributed by atoms with E-state index in [-0.39, 0.29) is 43.2 Å². The van der Waals surface area contributed by atoms with Gasteiger partial charge in [-0.15, -0.1) is 0 Å². The lowest BCUT2D eigenvalue weighted by Gasteiger charge is -2.40. The third-order valence-corrected chi connectivity index (χ3v) is 9.95. The Bertz CT molecular complexity index is 1300. The smallest absolute Gasteiger partial charge is 0.313 e. The number of aliphatic hydroxyl groups excluding tert-OH is 1. The van der Waals surface area contributed by atoms with Crippen LogP contribution in [0.25, 0.3) is 0 Å². The molecule has 4 aliphatic rings. The number of aliphatic hydroxyl groups is 1. The summed E-state index contributed by atoms with van der Waals surface area (Å²) in [5, 5.41) is 13.5. The van der Waals surface area contributed by atoms with E-state index in [1.165, 1.54) is 4.90 Å². The second kappa shape index (κ2) is 14.3. The molecule has 4 aliphatic heterocycles. The minimum atomic E-state index is -1.36. The predicted octanol–water partition coefficient (Wildman–Crippen LogP) is 3.31. The zero-order valence-electron chi connectivity index (χ0n) is 26.6. The van der Waals surface area contributed by atoms with Crippen LogP contribution >= 0.6 is 0 Å². The first-order valence-electron chi connectivity index (χ1n) is 16.5. The number of nitrogens with zero attached hydrogens (tertiary/aromatic N) is 2. The molecule has 4 heterocycles. The van der Waals surface area contributed by atoms with E-state index in [4.69, 9.17) is 9.47 Å². The van der Waals surface area contributed by atoms with Crippen molar-refractivity contribution in [2.24, 2.45) is 17.8 Å². The average molecular weight is 622 g/mol. The van der Waals surface area contributed by atoms with Gasteiger partial charge in [0.1, 0.15) is 23.7 Å². The first-order valence-corrected chi connectivity index (χ1v) is 16.5. The maximum Gasteiger partial charge on any atom is 0.313 e. The van der Waals surface area contributed by atoms with E-state index < -0.39 is 47.7 Å². The van der Waals surface area contributed by atoms with Crippen molar-refractivity contribution in [2.45, 2.75) is 89.2 Å². The molecule has 5 bridgehead atoms. The maximum atomic E-state index is 14.7. The molecule has 45 heavy (non-hydrogen) atoms. The number of ether oxygens (including phenoxy) is 2. The molecule has 1 aromatic carbocycles. The van der Waals surface area contributed by atoms with Crippen molar-refractivity contribution < 1.29 is 33.8 Å². The van der Waals surface area contributed by atoms with Gasteiger partial charge in [0.25, 0.3) is 0 Å². The van der Waals surface area contributed by atoms with Crippen molar-refractivity contribution in [3.8, 4) is 0 Å². The fourth-order valence-corrected chi connectivity index (χ4v) is 7.29. The Balaban J connectivity index is 1.58. The Morgan fingerprint density at radius 2 is 1.84 bits per heavy atom. The van der Waals surface area contributed by atoms with Crippen LogP contribution in [0.5, 0.6) is 0 Å². The van der Waals surface area contributed by atoms with Gasteiger partial charge in [0.15, 0.2) is 0 Å². The monoisotopic (exact) mass is 621 g/mol. The van der Waals surface area contributed by atoms with Crippen LogP contribution in [0.3, 0.4) is 0 Å². The van der Waals surface area contributed by atoms with E-state index in [9.17, 15) is 24.3 Å². The Morgan fingerprint density at radius 3 is 2.56 bits per heavy atom. The zero-order valence-corrected chi connectivity index (χ0v) is 26.6. The number of likely N-dealkylation sites (tertiary alicyclic amines) is 1. The Hall–Kier alpha value is -3.50. The zero-order chi connectivity index (χ0) is 32.1. The molecule has 0 saturated carbocycles. The summed E-state index contributed by atoms with van der Waals surface area (Å²) in [5.41, 5.74) is -0.647. The average Bonchev–Trinajstić information content (AvgIpc) is 3.69. The van der Waals surface area contributed by atoms with E-state index in [2.05, 4.69) is 12.2 Å². The van der Waals surface area contributed by atoms with Crippen molar-refractivity contribution in [3.05, 3.63) is 60.2 Å². The molecule has 0 aliphatic carbocycles. The summed E-state index contributed by atoms with van der Waals surface area (Å²) in [6, 6.07) is 7.51. The minimum Gasteiger partial charge on any atom is -0.455 e. The normalized spacial score (nSPS) is 32.3. The molecule has 0 aromatic heterocycles. The Labute approximate surface area is 265 Å². The molecule has 5 rings (SSSR count). The standard InChI is InChI=1S/C35H47N3O7/c1-4-6-12-19-37-20-13-8-11-16-28(40)36-21-27(24-14-9-7-10-15-24)44-34(43)29-26-17-18-35(45-26)30(29)32(41)38(31(35)33(37)42)25(22-39)23(3)5-2/h7-10,13-15,17-18,23,25-27,29-31,39H,4-6,11-12,16,19-22H2,1-3H3,(H,36,40)/b13-8-/t23-,25-,26-,27-,29+,30+,31-,35+/m0/s1. The molecule has 1 spiro atoms. The van der Waals surface area contributed by atoms with E-state index in [0.717, 1.165) is 19.3 Å². The van der Waals surface area contributed by atoms with Gasteiger partial charge in [-0.2, -0.15) is 0 Å². The maximum absolute atomic E-state index is 14.7. The van der Waals surface area contributed by atoms with Gasteiger partial charge < -0.3 is 29.7 Å². The van der Waals surface area contributed by atoms with Gasteiger partial charge >= 0.3 is 5.97 Å². The number of rotatable bonds is 9. The highest BCUT2D eigenvalue weighted by atomic mass is 16.6. The number of fused-ring (bicyclic) bond motifs is 2. The van der Waals surface area contributed by atoms with Gasteiger partial charge in [-0.1, -0.05) is 94.7 Å². The SMILES string of the molecule is CCCCCN1C/C=C\CCC(=O)NC[C@@H](c2ccccc2)OC(=O)[C@@H]2[C@@H]3C=C[C@]4(O3)[C@H](C1=O)N([C@@H](CO)[C@@H](C)CC)C(=O)[C@@H]24. The lowest BCUT2D eigenvalue weighted by molar-refractivity contribution is -0.160. The van der Waals surface area contributed by atoms with Gasteiger partial charge in [-0.3, -0.25) is 19.2 Å². The van der Waals surface area contributed by atoms with Gasteiger partial charge in [0, 0.05) is 19.5 Å². The van der Waals surface area contributed by atoms with Crippen LogP contribution in [0, 0.1) is 17.8 Å². The lowest BCUT2D eigenvalue weighted by atomic mass is 9.74. The summed E-state index contributed by atoms with van der Waals surface area (Å²) in [7, 11) is 0. The highest BCUT2D eigenvalue weighted by Gasteiger charge is 2.74. The van der Waals surface area contributed by atoms with Gasteiger partial charge in [0.2, 0.25) is 17.7 Å². The number of nitrogens with one attached hydrogen (secondary N) is 1. The fourth-order valence-electron chi connectivity index (χ4n) is 7.29. The number of hydrogen-bond donors (Lipinski definition) is 2. The second-order valence-corrected chi connectivity index (χ2v) is 12.7. The number of cyclic esters (lactones) is 1. The van der Waals surface area contributed by atoms with Crippen molar-refractivity contribution in [3.63, 3.8) is 0 Å². The molecular formula is C35H47N3O7. The van der Waals surface area contributed by atoms with E-state index in [0.29, 0.717) is 31.5 Å². The van der Waals surface area contributed by atoms with Gasteiger partial charge in [-0.25, -0.2) is 0 Å². The summed E-state index contributed by atoms with van der Waals surface area (Å²) in [4.78, 5) is 59.3. The third kappa shape index (κ3) is 6.31. The van der Waals surface area contributed by atoms with Crippen LogP contribution < -0.4 is 5.32 Å². The van der Waals surface area contributed by atoms with Crippen LogP contribution in [0.4, 0.5) is 0 Å². The van der Waals surface area contributed by atoms with Crippen LogP contribution in [0.1, 0.15) is 71.0 Å². The van der Waals surface area contributed by atoms with Crippen molar-refractivity contribution >= 4 is 23.7 Å². The first kappa shape index (κ1) is 32.9. The van der Waals surface area contributed by atoms with Crippen molar-refractivity contribution in [2.75, 3.05) is 26.2 Å². The van der Waals surface area contributed by atoms with Crippen LogP contribution in [0.15, 0.2) is 54.6 Å². The number of allylic oxidation sites excluding steroid dienone is 1. The summed E-state index contributed by atoms with van der Waals surface area (Å²) in [6.45, 7) is 6.60. The van der Waals surface area contributed by atoms with Crippen molar-refractivity contribution in [1.82, 2.24) is 15.1 Å². The molecule has 0 unspecified atom stereocenters.